The summed E-state index contributed by atoms with van der Waals surface area (Å²) in [5.74, 6) is 1.92. The average molecular weight is 146 g/mol. The zero-order valence-corrected chi connectivity index (χ0v) is 5.86. The fourth-order valence-electron chi connectivity index (χ4n) is 0.830. The van der Waals surface area contributed by atoms with Crippen LogP contribution in [0.5, 0.6) is 0 Å². The molecule has 0 saturated carbocycles. The maximum absolute atomic E-state index is 9.93. The number of amides is 1. The molecule has 52 valence electrons. The molecule has 3 N–H and O–H groups in total. The summed E-state index contributed by atoms with van der Waals surface area (Å²) < 4.78 is 0. The smallest absolute Gasteiger partial charge is 0.207 e. The molecule has 1 amide bonds. The lowest BCUT2D eigenvalue weighted by molar-refractivity contribution is -0.110. The standard InChI is InChI=1S/C5H10N2OS/c6-4-1-9-2-5(4)7-3-8/h3-5H,1-2,6H2,(H,7,8). The van der Waals surface area contributed by atoms with Gasteiger partial charge >= 0.3 is 0 Å². The van der Waals surface area contributed by atoms with Crippen molar-refractivity contribution < 1.29 is 4.79 Å². The van der Waals surface area contributed by atoms with Gasteiger partial charge in [-0.25, -0.2) is 0 Å². The monoisotopic (exact) mass is 146 g/mol. The molecule has 9 heavy (non-hydrogen) atoms. The van der Waals surface area contributed by atoms with Gasteiger partial charge in [-0.15, -0.1) is 0 Å². The molecular weight excluding hydrogens is 136 g/mol. The van der Waals surface area contributed by atoms with Crippen LogP contribution in [-0.2, 0) is 4.79 Å². The number of carbonyl (C=O) groups excluding carboxylic acids is 1. The molecule has 1 aliphatic heterocycles. The van der Waals surface area contributed by atoms with E-state index in [0.29, 0.717) is 0 Å². The van der Waals surface area contributed by atoms with E-state index in [0.717, 1.165) is 17.9 Å². The molecule has 1 heterocycles. The molecule has 1 rings (SSSR count). The Labute approximate surface area is 58.4 Å². The van der Waals surface area contributed by atoms with Crippen molar-refractivity contribution >= 4 is 18.2 Å². The Hall–Kier alpha value is -0.220. The highest BCUT2D eigenvalue weighted by molar-refractivity contribution is 7.99. The minimum atomic E-state index is 0.153. The molecule has 0 radical (unpaired) electrons. The van der Waals surface area contributed by atoms with E-state index in [1.54, 1.807) is 11.8 Å². The summed E-state index contributed by atoms with van der Waals surface area (Å²) >= 11 is 1.78. The summed E-state index contributed by atoms with van der Waals surface area (Å²) in [6.07, 6.45) is 0.719. The van der Waals surface area contributed by atoms with Crippen molar-refractivity contribution in [1.82, 2.24) is 5.32 Å². The predicted octanol–water partition coefficient (Wildman–Crippen LogP) is -0.825. The van der Waals surface area contributed by atoms with Crippen LogP contribution in [0, 0.1) is 0 Å². The van der Waals surface area contributed by atoms with Crippen LogP contribution in [0.1, 0.15) is 0 Å². The minimum absolute atomic E-state index is 0.153. The summed E-state index contributed by atoms with van der Waals surface area (Å²) in [5, 5.41) is 2.67. The van der Waals surface area contributed by atoms with Gasteiger partial charge in [0, 0.05) is 17.5 Å². The molecule has 1 saturated heterocycles. The lowest BCUT2D eigenvalue weighted by Crippen LogP contribution is -2.43. The molecule has 0 aromatic carbocycles. The van der Waals surface area contributed by atoms with Crippen molar-refractivity contribution in [1.29, 1.82) is 0 Å². The van der Waals surface area contributed by atoms with Crippen LogP contribution in [0.15, 0.2) is 0 Å². The molecule has 1 aliphatic rings. The lowest BCUT2D eigenvalue weighted by atomic mass is 10.2. The van der Waals surface area contributed by atoms with E-state index in [4.69, 9.17) is 5.73 Å². The van der Waals surface area contributed by atoms with E-state index in [2.05, 4.69) is 5.32 Å². The van der Waals surface area contributed by atoms with Gasteiger partial charge in [0.1, 0.15) is 0 Å². The Bertz CT molecular complexity index is 109. The Kier molecular flexibility index (Phi) is 2.36. The van der Waals surface area contributed by atoms with Gasteiger partial charge in [-0.05, 0) is 0 Å². The molecular formula is C5H10N2OS. The third-order valence-electron chi connectivity index (χ3n) is 1.41. The number of nitrogens with two attached hydrogens (primary N) is 1. The van der Waals surface area contributed by atoms with Crippen LogP contribution in [0.2, 0.25) is 0 Å². The van der Waals surface area contributed by atoms with Gasteiger partial charge in [0.05, 0.1) is 6.04 Å². The number of nitrogens with one attached hydrogen (secondary N) is 1. The maximum Gasteiger partial charge on any atom is 0.207 e. The van der Waals surface area contributed by atoms with Gasteiger partial charge in [-0.1, -0.05) is 0 Å². The van der Waals surface area contributed by atoms with Gasteiger partial charge in [0.15, 0.2) is 0 Å². The summed E-state index contributed by atoms with van der Waals surface area (Å²) in [4.78, 5) is 9.93. The van der Waals surface area contributed by atoms with E-state index >= 15 is 0 Å². The van der Waals surface area contributed by atoms with Gasteiger partial charge in [0.25, 0.3) is 0 Å². The summed E-state index contributed by atoms with van der Waals surface area (Å²) in [6.45, 7) is 0. The molecule has 2 atom stereocenters. The van der Waals surface area contributed by atoms with Crippen LogP contribution >= 0.6 is 11.8 Å². The van der Waals surface area contributed by atoms with Gasteiger partial charge in [0.2, 0.25) is 6.41 Å². The fourth-order valence-corrected chi connectivity index (χ4v) is 2.07. The van der Waals surface area contributed by atoms with Crippen molar-refractivity contribution in [3.8, 4) is 0 Å². The highest BCUT2D eigenvalue weighted by Gasteiger charge is 2.22. The third-order valence-corrected chi connectivity index (χ3v) is 2.62. The first-order chi connectivity index (χ1) is 4.34. The zero-order chi connectivity index (χ0) is 6.69. The molecule has 0 aromatic rings. The van der Waals surface area contributed by atoms with Crippen LogP contribution in [0.3, 0.4) is 0 Å². The van der Waals surface area contributed by atoms with Crippen LogP contribution in [-0.4, -0.2) is 30.0 Å². The van der Waals surface area contributed by atoms with Crippen molar-refractivity contribution in [3.63, 3.8) is 0 Å². The largest absolute Gasteiger partial charge is 0.354 e. The van der Waals surface area contributed by atoms with Crippen molar-refractivity contribution in [2.45, 2.75) is 12.1 Å². The maximum atomic E-state index is 9.93. The molecule has 4 heteroatoms. The van der Waals surface area contributed by atoms with E-state index in [-0.39, 0.29) is 12.1 Å². The zero-order valence-electron chi connectivity index (χ0n) is 5.04. The summed E-state index contributed by atoms with van der Waals surface area (Å²) in [7, 11) is 0. The van der Waals surface area contributed by atoms with E-state index in [1.165, 1.54) is 0 Å². The Morgan fingerprint density at radius 2 is 2.44 bits per heavy atom. The normalized spacial score (nSPS) is 34.3. The molecule has 1 fully saturated rings. The first-order valence-corrected chi connectivity index (χ1v) is 4.03. The van der Waals surface area contributed by atoms with E-state index in [1.807, 2.05) is 0 Å². The predicted molar refractivity (Wildman–Crippen MR) is 38.3 cm³/mol. The van der Waals surface area contributed by atoms with Gasteiger partial charge in [-0.3, -0.25) is 4.79 Å². The lowest BCUT2D eigenvalue weighted by Gasteiger charge is -2.11. The summed E-state index contributed by atoms with van der Waals surface area (Å²) in [6, 6.07) is 0.354. The fraction of sp³-hybridized carbons (Fsp3) is 0.800. The van der Waals surface area contributed by atoms with Crippen molar-refractivity contribution in [2.75, 3.05) is 11.5 Å². The molecule has 0 aromatic heterocycles. The van der Waals surface area contributed by atoms with Crippen LogP contribution < -0.4 is 11.1 Å². The number of hydrogen-bond acceptors (Lipinski definition) is 3. The highest BCUT2D eigenvalue weighted by Crippen LogP contribution is 2.15. The van der Waals surface area contributed by atoms with Gasteiger partial charge < -0.3 is 11.1 Å². The Morgan fingerprint density at radius 1 is 1.67 bits per heavy atom. The van der Waals surface area contributed by atoms with E-state index in [9.17, 15) is 4.79 Å². The van der Waals surface area contributed by atoms with Crippen molar-refractivity contribution in [3.05, 3.63) is 0 Å². The number of thioether (sulfide) groups is 1. The Morgan fingerprint density at radius 3 is 2.89 bits per heavy atom. The first-order valence-electron chi connectivity index (χ1n) is 2.87. The highest BCUT2D eigenvalue weighted by atomic mass is 32.2. The minimum Gasteiger partial charge on any atom is -0.354 e. The van der Waals surface area contributed by atoms with Crippen LogP contribution in [0.25, 0.3) is 0 Å². The molecule has 3 nitrogen and oxygen atoms in total. The second-order valence-electron chi connectivity index (χ2n) is 2.09. The molecule has 2 unspecified atom stereocenters. The number of rotatable bonds is 2. The SMILES string of the molecule is NC1CSCC1NC=O. The molecule has 0 spiro atoms. The van der Waals surface area contributed by atoms with Crippen LogP contribution in [0.4, 0.5) is 0 Å². The molecule has 0 bridgehead atoms. The second kappa shape index (κ2) is 3.08. The molecule has 0 aliphatic carbocycles. The van der Waals surface area contributed by atoms with Crippen molar-refractivity contribution in [2.24, 2.45) is 5.73 Å². The van der Waals surface area contributed by atoms with E-state index < -0.39 is 0 Å². The number of carbonyl (C=O) groups is 1. The topological polar surface area (TPSA) is 55.1 Å². The quantitative estimate of drug-likeness (QED) is 0.500. The Balaban J connectivity index is 2.30. The van der Waals surface area contributed by atoms with Gasteiger partial charge in [-0.2, -0.15) is 11.8 Å². The first kappa shape index (κ1) is 6.89. The number of hydrogen-bond donors (Lipinski definition) is 2. The summed E-state index contributed by atoms with van der Waals surface area (Å²) in [5.41, 5.74) is 5.62. The average Bonchev–Trinajstić information content (AvgIpc) is 2.18. The second-order valence-corrected chi connectivity index (χ2v) is 3.17. The third kappa shape index (κ3) is 1.59.